The molecule has 2 aromatic heterocycles. The molecule has 2 fully saturated rings. The van der Waals surface area contributed by atoms with Crippen LogP contribution in [0.5, 0.6) is 0 Å². The van der Waals surface area contributed by atoms with Crippen LogP contribution in [0.25, 0.3) is 0 Å². The molecule has 2 N–H and O–H groups in total. The predicted molar refractivity (Wildman–Crippen MR) is 167 cm³/mol. The van der Waals surface area contributed by atoms with Crippen LogP contribution in [0, 0.1) is 5.95 Å². The molecule has 2 aliphatic rings. The molecule has 1 unspecified atom stereocenters. The zero-order chi connectivity index (χ0) is 32.0. The number of likely N-dealkylation sites (tertiary alicyclic amines) is 1. The number of amides is 3. The Kier molecular flexibility index (Phi) is 9.26. The van der Waals surface area contributed by atoms with E-state index in [4.69, 9.17) is 4.74 Å². The molecule has 3 atom stereocenters. The lowest BCUT2D eigenvalue weighted by atomic mass is 10.1. The van der Waals surface area contributed by atoms with Crippen LogP contribution in [0.3, 0.4) is 0 Å². The molecule has 2 aromatic carbocycles. The minimum atomic E-state index is -0.921. The Hall–Kier alpha value is -5.21. The number of pyridine rings is 1. The maximum absolute atomic E-state index is 13.7. The number of aliphatic imine (C=N–C) groups is 1. The van der Waals surface area contributed by atoms with Crippen LogP contribution < -0.4 is 5.32 Å². The molecule has 0 spiro atoms. The standard InChI is InChI=1S/C32H28FN7O5S/c33-27-16-35-15-24(36-27)17-40-30(43)28(46-31(40)38-23-7-4-12-34-14-23)21-8-10-22(11-9-21)37-29(42)26-13-25(41)18-39(26)32(44)45-19-20-5-2-1-3-6-20/h1-12,14-16,25-26,28,41H,13,17-19H2,(H,37,42)/b38-31-/t25-,26+,28?/m1/s1. The van der Waals surface area contributed by atoms with Crippen LogP contribution in [0.1, 0.15) is 28.5 Å². The van der Waals surface area contributed by atoms with Gasteiger partial charge < -0.3 is 15.2 Å². The van der Waals surface area contributed by atoms with E-state index in [1.807, 2.05) is 30.3 Å². The van der Waals surface area contributed by atoms with Gasteiger partial charge >= 0.3 is 6.09 Å². The summed E-state index contributed by atoms with van der Waals surface area (Å²) in [6, 6.07) is 18.5. The summed E-state index contributed by atoms with van der Waals surface area (Å²) in [5.41, 5.74) is 2.71. The molecule has 0 bridgehead atoms. The van der Waals surface area contributed by atoms with Crippen molar-refractivity contribution in [3.05, 3.63) is 114 Å². The van der Waals surface area contributed by atoms with Crippen LogP contribution in [0.2, 0.25) is 0 Å². The molecule has 0 radical (unpaired) electrons. The van der Waals surface area contributed by atoms with E-state index in [2.05, 4.69) is 25.3 Å². The molecule has 3 amide bonds. The quantitative estimate of drug-likeness (QED) is 0.288. The number of nitrogens with zero attached hydrogens (tertiary/aromatic N) is 6. The second kappa shape index (κ2) is 13.8. The summed E-state index contributed by atoms with van der Waals surface area (Å²) in [5.74, 6) is -1.50. The third-order valence-corrected chi connectivity index (χ3v) is 8.52. The normalized spacial score (nSPS) is 20.3. The number of ether oxygens (including phenoxy) is 1. The predicted octanol–water partition coefficient (Wildman–Crippen LogP) is 4.23. The number of aliphatic hydroxyl groups excluding tert-OH is 1. The molecule has 46 heavy (non-hydrogen) atoms. The molecule has 234 valence electrons. The van der Waals surface area contributed by atoms with Gasteiger partial charge in [0.25, 0.3) is 0 Å². The van der Waals surface area contributed by atoms with Crippen molar-refractivity contribution in [1.29, 1.82) is 0 Å². The topological polar surface area (TPSA) is 150 Å². The third kappa shape index (κ3) is 7.19. The van der Waals surface area contributed by atoms with Crippen molar-refractivity contribution in [3.63, 3.8) is 0 Å². The first-order valence-electron chi connectivity index (χ1n) is 14.3. The second-order valence-corrected chi connectivity index (χ2v) is 11.6. The molecule has 2 aliphatic heterocycles. The molecule has 0 saturated carbocycles. The van der Waals surface area contributed by atoms with Gasteiger partial charge in [0.1, 0.15) is 17.9 Å². The van der Waals surface area contributed by atoms with E-state index in [-0.39, 0.29) is 37.7 Å². The summed E-state index contributed by atoms with van der Waals surface area (Å²) in [5, 5.41) is 12.8. The first kappa shape index (κ1) is 30.8. The highest BCUT2D eigenvalue weighted by molar-refractivity contribution is 8.15. The average Bonchev–Trinajstić information content (AvgIpc) is 3.61. The molecule has 0 aliphatic carbocycles. The number of aromatic nitrogens is 3. The first-order chi connectivity index (χ1) is 22.3. The Morgan fingerprint density at radius 3 is 2.59 bits per heavy atom. The Bertz CT molecular complexity index is 1750. The van der Waals surface area contributed by atoms with Crippen LogP contribution in [-0.4, -0.2) is 71.6 Å². The minimum Gasteiger partial charge on any atom is -0.445 e. The number of thioether (sulfide) groups is 1. The van der Waals surface area contributed by atoms with Gasteiger partial charge in [0, 0.05) is 18.3 Å². The molecule has 6 rings (SSSR count). The maximum Gasteiger partial charge on any atom is 0.410 e. The minimum absolute atomic E-state index is 0.0215. The van der Waals surface area contributed by atoms with Crippen molar-refractivity contribution in [2.45, 2.75) is 37.0 Å². The Morgan fingerprint density at radius 1 is 1.04 bits per heavy atom. The summed E-state index contributed by atoms with van der Waals surface area (Å²) >= 11 is 1.23. The van der Waals surface area contributed by atoms with Gasteiger partial charge in [-0.1, -0.05) is 54.2 Å². The van der Waals surface area contributed by atoms with E-state index in [1.54, 1.807) is 48.8 Å². The molecule has 4 heterocycles. The lowest BCUT2D eigenvalue weighted by Crippen LogP contribution is -2.43. The molecule has 4 aromatic rings. The number of hydrogen-bond acceptors (Lipinski definition) is 10. The summed E-state index contributed by atoms with van der Waals surface area (Å²) in [4.78, 5) is 58.6. The highest BCUT2D eigenvalue weighted by Gasteiger charge is 2.41. The maximum atomic E-state index is 13.7. The zero-order valence-electron chi connectivity index (χ0n) is 24.3. The number of carbonyl (C=O) groups is 3. The van der Waals surface area contributed by atoms with Crippen molar-refractivity contribution in [2.24, 2.45) is 4.99 Å². The summed E-state index contributed by atoms with van der Waals surface area (Å²) in [6.07, 6.45) is 4.08. The van der Waals surface area contributed by atoms with E-state index in [9.17, 15) is 23.9 Å². The van der Waals surface area contributed by atoms with Crippen molar-refractivity contribution >= 4 is 46.2 Å². The van der Waals surface area contributed by atoms with Crippen molar-refractivity contribution < 1.29 is 28.6 Å². The van der Waals surface area contributed by atoms with Crippen LogP contribution >= 0.6 is 11.8 Å². The van der Waals surface area contributed by atoms with Gasteiger partial charge in [-0.2, -0.15) is 4.39 Å². The Morgan fingerprint density at radius 2 is 1.85 bits per heavy atom. The molecule has 2 saturated heterocycles. The zero-order valence-corrected chi connectivity index (χ0v) is 25.1. The molecular formula is C32H28FN7O5S. The number of hydrogen-bond donors (Lipinski definition) is 2. The summed E-state index contributed by atoms with van der Waals surface area (Å²) in [6.45, 7) is -0.00809. The number of aliphatic hydroxyl groups is 1. The van der Waals surface area contributed by atoms with Gasteiger partial charge in [-0.15, -0.1) is 0 Å². The van der Waals surface area contributed by atoms with Crippen LogP contribution in [0.15, 0.2) is 96.5 Å². The van der Waals surface area contributed by atoms with Crippen molar-refractivity contribution in [2.75, 3.05) is 11.9 Å². The van der Waals surface area contributed by atoms with Gasteiger partial charge in [0.15, 0.2) is 5.17 Å². The highest BCUT2D eigenvalue weighted by Crippen LogP contribution is 2.41. The fourth-order valence-electron chi connectivity index (χ4n) is 5.08. The second-order valence-electron chi connectivity index (χ2n) is 10.6. The van der Waals surface area contributed by atoms with E-state index in [0.29, 0.717) is 22.1 Å². The van der Waals surface area contributed by atoms with Crippen molar-refractivity contribution in [3.8, 4) is 0 Å². The Labute approximate surface area is 267 Å². The first-order valence-corrected chi connectivity index (χ1v) is 15.2. The Balaban J connectivity index is 1.14. The summed E-state index contributed by atoms with van der Waals surface area (Å²) in [7, 11) is 0. The van der Waals surface area contributed by atoms with Crippen LogP contribution in [-0.2, 0) is 27.5 Å². The monoisotopic (exact) mass is 641 g/mol. The number of amidine groups is 1. The van der Waals surface area contributed by atoms with E-state index >= 15 is 0 Å². The number of nitrogens with one attached hydrogen (secondary N) is 1. The van der Waals surface area contributed by atoms with E-state index in [0.717, 1.165) is 11.8 Å². The van der Waals surface area contributed by atoms with Gasteiger partial charge in [0.2, 0.25) is 17.8 Å². The van der Waals surface area contributed by atoms with E-state index < -0.39 is 35.3 Å². The van der Waals surface area contributed by atoms with Gasteiger partial charge in [-0.05, 0) is 35.4 Å². The summed E-state index contributed by atoms with van der Waals surface area (Å²) < 4.78 is 19.1. The number of carbonyl (C=O) groups excluding carboxylic acids is 3. The number of halogens is 1. The number of rotatable bonds is 8. The molecular weight excluding hydrogens is 613 g/mol. The van der Waals surface area contributed by atoms with Gasteiger partial charge in [-0.3, -0.25) is 29.4 Å². The molecule has 12 nitrogen and oxygen atoms in total. The molecule has 14 heteroatoms. The highest BCUT2D eigenvalue weighted by atomic mass is 32.2. The van der Waals surface area contributed by atoms with Gasteiger partial charge in [-0.25, -0.2) is 14.8 Å². The number of β-amino-alcohol motifs (C(OH)–C–C–N with tert-alkyl or cyclic N) is 1. The fourth-order valence-corrected chi connectivity index (χ4v) is 6.25. The van der Waals surface area contributed by atoms with Gasteiger partial charge in [0.05, 0.1) is 49.2 Å². The third-order valence-electron chi connectivity index (χ3n) is 7.29. The van der Waals surface area contributed by atoms with Crippen molar-refractivity contribution in [1.82, 2.24) is 24.8 Å². The van der Waals surface area contributed by atoms with Crippen LogP contribution in [0.4, 0.5) is 20.6 Å². The average molecular weight is 642 g/mol. The lowest BCUT2D eigenvalue weighted by Gasteiger charge is -2.23. The SMILES string of the molecule is O=C(Nc1ccc(C2S/C(=N\c3cccnc3)N(Cc3cncc(F)n3)C2=O)cc1)[C@@H]1C[C@@H](O)CN1C(=O)OCc1ccccc1. The smallest absolute Gasteiger partial charge is 0.410 e. The number of benzene rings is 2. The number of anilines is 1. The largest absolute Gasteiger partial charge is 0.445 e. The lowest BCUT2D eigenvalue weighted by molar-refractivity contribution is -0.126. The fraction of sp³-hybridized carbons (Fsp3) is 0.219. The van der Waals surface area contributed by atoms with E-state index in [1.165, 1.54) is 27.8 Å².